The molecule has 0 heterocycles. The summed E-state index contributed by atoms with van der Waals surface area (Å²) < 4.78 is 0. The van der Waals surface area contributed by atoms with Crippen LogP contribution in [0.15, 0.2) is 18.2 Å². The van der Waals surface area contributed by atoms with Crippen LogP contribution in [0, 0.1) is 0 Å². The molecule has 0 fully saturated rings. The van der Waals surface area contributed by atoms with Crippen molar-refractivity contribution in [3.63, 3.8) is 0 Å². The van der Waals surface area contributed by atoms with Crippen LogP contribution >= 0.6 is 0 Å². The van der Waals surface area contributed by atoms with Gasteiger partial charge in [-0.1, -0.05) is 60.6 Å². The molecule has 1 spiro atoms. The normalized spacial score (nSPS) is 24.0. The molecule has 2 aliphatic rings. The maximum Gasteiger partial charge on any atom is 0.162 e. The Labute approximate surface area is 172 Å². The first-order valence-electron chi connectivity index (χ1n) is 10.3. The highest BCUT2D eigenvalue weighted by Gasteiger charge is 2.59. The second-order valence-electron chi connectivity index (χ2n) is 11.4. The Morgan fingerprint density at radius 1 is 0.724 bits per heavy atom. The van der Waals surface area contributed by atoms with Gasteiger partial charge < -0.3 is 20.4 Å². The summed E-state index contributed by atoms with van der Waals surface area (Å²) >= 11 is 0. The molecule has 4 N–H and O–H groups in total. The molecule has 2 aromatic rings. The van der Waals surface area contributed by atoms with Crippen molar-refractivity contribution in [3.05, 3.63) is 46.0 Å². The molecule has 2 aliphatic carbocycles. The van der Waals surface area contributed by atoms with Crippen LogP contribution in [-0.4, -0.2) is 20.4 Å². The first-order chi connectivity index (χ1) is 13.1. The van der Waals surface area contributed by atoms with E-state index in [0.29, 0.717) is 24.0 Å². The van der Waals surface area contributed by atoms with Crippen molar-refractivity contribution in [3.8, 4) is 23.0 Å². The lowest BCUT2D eigenvalue weighted by Gasteiger charge is -2.31. The zero-order valence-electron chi connectivity index (χ0n) is 18.4. The zero-order chi connectivity index (χ0) is 21.7. The van der Waals surface area contributed by atoms with E-state index in [9.17, 15) is 20.4 Å². The SMILES string of the molecule is CC(C)(C)c1cc2c(c(O)c1O)C1(CC(C)(C)c3ccc(O)c(O)c31)CC2(C)C. The Morgan fingerprint density at radius 2 is 1.24 bits per heavy atom. The molecular formula is C25H32O4. The highest BCUT2D eigenvalue weighted by molar-refractivity contribution is 5.71. The van der Waals surface area contributed by atoms with Gasteiger partial charge in [-0.25, -0.2) is 0 Å². The van der Waals surface area contributed by atoms with Crippen LogP contribution in [-0.2, 0) is 21.7 Å². The molecule has 0 bridgehead atoms. The lowest BCUT2D eigenvalue weighted by atomic mass is 9.71. The molecule has 4 heteroatoms. The average molecular weight is 397 g/mol. The van der Waals surface area contributed by atoms with Crippen molar-refractivity contribution in [1.29, 1.82) is 0 Å². The monoisotopic (exact) mass is 396 g/mol. The number of fused-ring (bicyclic) bond motifs is 4. The molecule has 1 unspecified atom stereocenters. The summed E-state index contributed by atoms with van der Waals surface area (Å²) in [6.45, 7) is 14.6. The third-order valence-electron chi connectivity index (χ3n) is 7.14. The van der Waals surface area contributed by atoms with E-state index >= 15 is 0 Å². The first kappa shape index (κ1) is 19.9. The van der Waals surface area contributed by atoms with Gasteiger partial charge in [-0.05, 0) is 46.3 Å². The predicted molar refractivity (Wildman–Crippen MR) is 114 cm³/mol. The number of rotatable bonds is 0. The summed E-state index contributed by atoms with van der Waals surface area (Å²) in [7, 11) is 0. The molecule has 0 saturated carbocycles. The number of hydrogen-bond donors (Lipinski definition) is 4. The minimum absolute atomic E-state index is 0.0841. The topological polar surface area (TPSA) is 80.9 Å². The quantitative estimate of drug-likeness (QED) is 0.446. The number of phenols is 4. The summed E-state index contributed by atoms with van der Waals surface area (Å²) in [5.74, 6) is -0.443. The van der Waals surface area contributed by atoms with E-state index in [4.69, 9.17) is 0 Å². The fraction of sp³-hybridized carbons (Fsp3) is 0.520. The Bertz CT molecular complexity index is 1040. The summed E-state index contributed by atoms with van der Waals surface area (Å²) in [5, 5.41) is 43.4. The van der Waals surface area contributed by atoms with Crippen molar-refractivity contribution in [2.75, 3.05) is 0 Å². The van der Waals surface area contributed by atoms with Crippen molar-refractivity contribution >= 4 is 0 Å². The molecule has 0 aromatic heterocycles. The molecule has 0 aliphatic heterocycles. The van der Waals surface area contributed by atoms with Gasteiger partial charge in [0.15, 0.2) is 23.0 Å². The van der Waals surface area contributed by atoms with Gasteiger partial charge >= 0.3 is 0 Å². The van der Waals surface area contributed by atoms with Gasteiger partial charge in [-0.2, -0.15) is 0 Å². The molecule has 156 valence electrons. The fourth-order valence-electron chi connectivity index (χ4n) is 6.12. The molecule has 29 heavy (non-hydrogen) atoms. The van der Waals surface area contributed by atoms with Crippen LogP contribution in [0.1, 0.15) is 89.1 Å². The Balaban J connectivity index is 2.13. The van der Waals surface area contributed by atoms with E-state index in [-0.39, 0.29) is 39.2 Å². The van der Waals surface area contributed by atoms with Gasteiger partial charge in [-0.3, -0.25) is 0 Å². The van der Waals surface area contributed by atoms with Crippen LogP contribution < -0.4 is 0 Å². The van der Waals surface area contributed by atoms with E-state index in [1.807, 2.05) is 32.9 Å². The van der Waals surface area contributed by atoms with E-state index in [0.717, 1.165) is 16.7 Å². The summed E-state index contributed by atoms with van der Waals surface area (Å²) in [6, 6.07) is 5.45. The van der Waals surface area contributed by atoms with Gasteiger partial charge in [0.25, 0.3) is 0 Å². The molecule has 4 rings (SSSR count). The smallest absolute Gasteiger partial charge is 0.162 e. The van der Waals surface area contributed by atoms with Crippen LogP contribution in [0.4, 0.5) is 0 Å². The van der Waals surface area contributed by atoms with Crippen LogP contribution in [0.3, 0.4) is 0 Å². The minimum atomic E-state index is -0.668. The average Bonchev–Trinajstić information content (AvgIpc) is 2.92. The summed E-state index contributed by atoms with van der Waals surface area (Å²) in [4.78, 5) is 0. The molecule has 2 aromatic carbocycles. The van der Waals surface area contributed by atoms with Gasteiger partial charge in [-0.15, -0.1) is 0 Å². The number of hydrogen-bond acceptors (Lipinski definition) is 4. The molecule has 0 amide bonds. The number of aromatic hydroxyl groups is 4. The second-order valence-corrected chi connectivity index (χ2v) is 11.4. The van der Waals surface area contributed by atoms with Crippen LogP contribution in [0.25, 0.3) is 0 Å². The van der Waals surface area contributed by atoms with Crippen molar-refractivity contribution in [2.24, 2.45) is 0 Å². The van der Waals surface area contributed by atoms with E-state index in [2.05, 4.69) is 27.7 Å². The number of benzene rings is 2. The highest BCUT2D eigenvalue weighted by Crippen LogP contribution is 2.68. The second kappa shape index (κ2) is 5.41. The standard InChI is InChI=1S/C25H32O4/c1-22(2,3)15-10-14-18(21(29)19(15)27)25(12-24(14,6)7)11-23(4,5)13-8-9-16(26)20(28)17(13)25/h8-10,26-29H,11-12H2,1-7H3. The van der Waals surface area contributed by atoms with Gasteiger partial charge in [0.1, 0.15) is 0 Å². The number of phenolic OH excluding ortho intramolecular Hbond substituents is 4. The van der Waals surface area contributed by atoms with Crippen molar-refractivity contribution in [1.82, 2.24) is 0 Å². The largest absolute Gasteiger partial charge is 0.504 e. The lowest BCUT2D eigenvalue weighted by Crippen LogP contribution is -2.27. The first-order valence-corrected chi connectivity index (χ1v) is 10.3. The van der Waals surface area contributed by atoms with Crippen molar-refractivity contribution in [2.45, 2.75) is 83.0 Å². The van der Waals surface area contributed by atoms with Crippen LogP contribution in [0.5, 0.6) is 23.0 Å². The van der Waals surface area contributed by atoms with Crippen LogP contribution in [0.2, 0.25) is 0 Å². The molecule has 1 atom stereocenters. The van der Waals surface area contributed by atoms with Gasteiger partial charge in [0, 0.05) is 22.1 Å². The Kier molecular flexibility index (Phi) is 3.72. The zero-order valence-corrected chi connectivity index (χ0v) is 18.4. The maximum atomic E-state index is 11.3. The fourth-order valence-corrected chi connectivity index (χ4v) is 6.12. The maximum absolute atomic E-state index is 11.3. The molecule has 0 radical (unpaired) electrons. The Morgan fingerprint density at radius 3 is 1.79 bits per heavy atom. The van der Waals surface area contributed by atoms with E-state index in [1.54, 1.807) is 0 Å². The third kappa shape index (κ3) is 2.44. The Hall–Kier alpha value is -2.36. The predicted octanol–water partition coefficient (Wildman–Crippen LogP) is 5.46. The molecule has 4 nitrogen and oxygen atoms in total. The molecular weight excluding hydrogens is 364 g/mol. The highest BCUT2D eigenvalue weighted by atomic mass is 16.3. The van der Waals surface area contributed by atoms with Gasteiger partial charge in [0.2, 0.25) is 0 Å². The molecule has 0 saturated heterocycles. The summed E-state index contributed by atoms with van der Waals surface area (Å²) in [6.07, 6.45) is 1.37. The third-order valence-corrected chi connectivity index (χ3v) is 7.14. The summed E-state index contributed by atoms with van der Waals surface area (Å²) in [5.41, 5.74) is 2.58. The van der Waals surface area contributed by atoms with E-state index < -0.39 is 5.41 Å². The van der Waals surface area contributed by atoms with Gasteiger partial charge in [0.05, 0.1) is 0 Å². The minimum Gasteiger partial charge on any atom is -0.504 e. The lowest BCUT2D eigenvalue weighted by molar-refractivity contribution is 0.328. The van der Waals surface area contributed by atoms with E-state index in [1.165, 1.54) is 6.07 Å². The van der Waals surface area contributed by atoms with Crippen molar-refractivity contribution < 1.29 is 20.4 Å².